The van der Waals surface area contributed by atoms with Gasteiger partial charge in [-0.15, -0.1) is 0 Å². The molecule has 0 aliphatic heterocycles. The largest absolute Gasteiger partial charge is 0.491 e. The van der Waals surface area contributed by atoms with Crippen LogP contribution in [0.25, 0.3) is 0 Å². The van der Waals surface area contributed by atoms with E-state index < -0.39 is 0 Å². The first-order chi connectivity index (χ1) is 7.58. The highest BCUT2D eigenvalue weighted by Gasteiger charge is 2.04. The van der Waals surface area contributed by atoms with Crippen molar-refractivity contribution in [3.63, 3.8) is 0 Å². The van der Waals surface area contributed by atoms with Gasteiger partial charge in [-0.2, -0.15) is 0 Å². The van der Waals surface area contributed by atoms with Gasteiger partial charge in [0.05, 0.1) is 6.10 Å². The third kappa shape index (κ3) is 5.38. The fourth-order valence-electron chi connectivity index (χ4n) is 1.38. The molecular formula is C13H20ClNO. The fourth-order valence-corrected chi connectivity index (χ4v) is 1.51. The third-order valence-electron chi connectivity index (χ3n) is 2.25. The number of nitrogens with one attached hydrogen (secondary N) is 1. The molecule has 1 unspecified atom stereocenters. The Morgan fingerprint density at radius 1 is 1.19 bits per heavy atom. The van der Waals surface area contributed by atoms with E-state index in [-0.39, 0.29) is 6.10 Å². The zero-order valence-electron chi connectivity index (χ0n) is 10.2. The molecule has 0 amide bonds. The Balaban J connectivity index is 2.28. The van der Waals surface area contributed by atoms with E-state index >= 15 is 0 Å². The molecule has 0 aliphatic carbocycles. The topological polar surface area (TPSA) is 21.3 Å². The molecule has 0 bridgehead atoms. The van der Waals surface area contributed by atoms with Crippen molar-refractivity contribution >= 4 is 11.6 Å². The summed E-state index contributed by atoms with van der Waals surface area (Å²) in [6.07, 6.45) is 1.22. The van der Waals surface area contributed by atoms with Gasteiger partial charge in [0, 0.05) is 11.1 Å². The monoisotopic (exact) mass is 241 g/mol. The van der Waals surface area contributed by atoms with Crippen molar-refractivity contribution in [1.82, 2.24) is 5.32 Å². The molecule has 90 valence electrons. The van der Waals surface area contributed by atoms with Crippen LogP contribution in [0.2, 0.25) is 5.02 Å². The summed E-state index contributed by atoms with van der Waals surface area (Å²) in [6, 6.07) is 8.01. The van der Waals surface area contributed by atoms with Crippen LogP contribution in [0.5, 0.6) is 5.75 Å². The summed E-state index contributed by atoms with van der Waals surface area (Å²) in [5.41, 5.74) is 0. The zero-order valence-corrected chi connectivity index (χ0v) is 10.9. The molecule has 1 aromatic rings. The minimum Gasteiger partial charge on any atom is -0.491 e. The second-order valence-corrected chi connectivity index (χ2v) is 4.72. The maximum absolute atomic E-state index is 5.80. The van der Waals surface area contributed by atoms with E-state index in [0.29, 0.717) is 6.04 Å². The maximum atomic E-state index is 5.80. The summed E-state index contributed by atoms with van der Waals surface area (Å²) >= 11 is 5.80. The molecule has 0 heterocycles. The average molecular weight is 242 g/mol. The molecule has 1 N–H and O–H groups in total. The van der Waals surface area contributed by atoms with E-state index in [4.69, 9.17) is 16.3 Å². The van der Waals surface area contributed by atoms with Crippen molar-refractivity contribution in [2.75, 3.05) is 6.54 Å². The smallest absolute Gasteiger partial charge is 0.119 e. The third-order valence-corrected chi connectivity index (χ3v) is 2.51. The van der Waals surface area contributed by atoms with Crippen molar-refractivity contribution in [2.24, 2.45) is 0 Å². The van der Waals surface area contributed by atoms with Crippen LogP contribution in [0.1, 0.15) is 27.2 Å². The number of rotatable bonds is 6. The Labute approximate surface area is 103 Å². The molecule has 0 saturated heterocycles. The van der Waals surface area contributed by atoms with Gasteiger partial charge in [0.1, 0.15) is 5.75 Å². The van der Waals surface area contributed by atoms with Gasteiger partial charge in [-0.05, 0) is 44.2 Å². The lowest BCUT2D eigenvalue weighted by Crippen LogP contribution is -2.27. The van der Waals surface area contributed by atoms with Crippen LogP contribution in [0.15, 0.2) is 24.3 Å². The van der Waals surface area contributed by atoms with E-state index in [1.165, 1.54) is 0 Å². The molecular weight excluding hydrogens is 222 g/mol. The first-order valence-corrected chi connectivity index (χ1v) is 6.11. The van der Waals surface area contributed by atoms with E-state index in [0.717, 1.165) is 23.7 Å². The van der Waals surface area contributed by atoms with Crippen LogP contribution in [-0.4, -0.2) is 18.7 Å². The Kier molecular flexibility index (Phi) is 5.64. The molecule has 0 aliphatic rings. The molecule has 1 rings (SSSR count). The van der Waals surface area contributed by atoms with Crippen LogP contribution in [0.3, 0.4) is 0 Å². The Bertz CT molecular complexity index is 297. The van der Waals surface area contributed by atoms with Crippen LogP contribution in [0.4, 0.5) is 0 Å². The highest BCUT2D eigenvalue weighted by molar-refractivity contribution is 6.30. The lowest BCUT2D eigenvalue weighted by Gasteiger charge is -2.16. The van der Waals surface area contributed by atoms with Crippen molar-refractivity contribution in [2.45, 2.75) is 39.3 Å². The average Bonchev–Trinajstić information content (AvgIpc) is 2.21. The number of ether oxygens (including phenoxy) is 1. The summed E-state index contributed by atoms with van der Waals surface area (Å²) in [5, 5.41) is 4.11. The first-order valence-electron chi connectivity index (χ1n) is 5.73. The minimum atomic E-state index is 0.215. The Morgan fingerprint density at radius 2 is 1.81 bits per heavy atom. The van der Waals surface area contributed by atoms with Crippen LogP contribution >= 0.6 is 11.6 Å². The second kappa shape index (κ2) is 6.77. The van der Waals surface area contributed by atoms with Gasteiger partial charge >= 0.3 is 0 Å². The second-order valence-electron chi connectivity index (χ2n) is 4.28. The predicted molar refractivity (Wildman–Crippen MR) is 69.3 cm³/mol. The highest BCUT2D eigenvalue weighted by Crippen LogP contribution is 2.17. The number of halogens is 1. The summed E-state index contributed by atoms with van der Waals surface area (Å²) in [5.74, 6) is 0.876. The van der Waals surface area contributed by atoms with Gasteiger partial charge in [-0.25, -0.2) is 0 Å². The van der Waals surface area contributed by atoms with Gasteiger partial charge in [-0.1, -0.05) is 25.4 Å². The Morgan fingerprint density at radius 3 is 2.38 bits per heavy atom. The molecule has 2 nitrogen and oxygen atoms in total. The first kappa shape index (κ1) is 13.3. The van der Waals surface area contributed by atoms with Crippen molar-refractivity contribution in [1.29, 1.82) is 0 Å². The zero-order chi connectivity index (χ0) is 12.0. The molecule has 0 fully saturated rings. The maximum Gasteiger partial charge on any atom is 0.119 e. The highest BCUT2D eigenvalue weighted by atomic mass is 35.5. The van der Waals surface area contributed by atoms with Gasteiger partial charge in [0.15, 0.2) is 0 Å². The molecule has 1 aromatic carbocycles. The number of benzene rings is 1. The normalized spacial score (nSPS) is 12.8. The van der Waals surface area contributed by atoms with E-state index in [1.807, 2.05) is 24.3 Å². The van der Waals surface area contributed by atoms with Crippen LogP contribution in [-0.2, 0) is 0 Å². The summed E-state index contributed by atoms with van der Waals surface area (Å²) < 4.78 is 5.75. The van der Waals surface area contributed by atoms with Crippen molar-refractivity contribution < 1.29 is 4.74 Å². The fraction of sp³-hybridized carbons (Fsp3) is 0.538. The minimum absolute atomic E-state index is 0.215. The van der Waals surface area contributed by atoms with Crippen molar-refractivity contribution in [3.8, 4) is 5.75 Å². The quantitative estimate of drug-likeness (QED) is 0.823. The molecule has 3 heteroatoms. The predicted octanol–water partition coefficient (Wildman–Crippen LogP) is 3.50. The summed E-state index contributed by atoms with van der Waals surface area (Å²) in [4.78, 5) is 0. The molecule has 0 radical (unpaired) electrons. The van der Waals surface area contributed by atoms with Gasteiger partial charge in [-0.3, -0.25) is 0 Å². The van der Waals surface area contributed by atoms with Gasteiger partial charge in [0.2, 0.25) is 0 Å². The van der Waals surface area contributed by atoms with Crippen molar-refractivity contribution in [3.05, 3.63) is 29.3 Å². The standard InChI is InChI=1S/C13H20ClNO/c1-10(2)15-9-8-11(3)16-13-6-4-12(14)5-7-13/h4-7,10-11,15H,8-9H2,1-3H3. The summed E-state index contributed by atoms with van der Waals surface area (Å²) in [6.45, 7) is 7.35. The lowest BCUT2D eigenvalue weighted by atomic mass is 10.2. The number of hydrogen-bond donors (Lipinski definition) is 1. The van der Waals surface area contributed by atoms with Gasteiger partial charge in [0.25, 0.3) is 0 Å². The molecule has 0 spiro atoms. The van der Waals surface area contributed by atoms with E-state index in [9.17, 15) is 0 Å². The lowest BCUT2D eigenvalue weighted by molar-refractivity contribution is 0.209. The number of hydrogen-bond acceptors (Lipinski definition) is 2. The SMILES string of the molecule is CC(C)NCCC(C)Oc1ccc(Cl)cc1. The molecule has 1 atom stereocenters. The molecule has 0 aromatic heterocycles. The summed E-state index contributed by atoms with van der Waals surface area (Å²) in [7, 11) is 0. The van der Waals surface area contributed by atoms with Crippen LogP contribution < -0.4 is 10.1 Å². The van der Waals surface area contributed by atoms with Gasteiger partial charge < -0.3 is 10.1 Å². The molecule has 0 saturated carbocycles. The Hall–Kier alpha value is -0.730. The van der Waals surface area contributed by atoms with Crippen LogP contribution in [0, 0.1) is 0 Å². The molecule has 16 heavy (non-hydrogen) atoms. The van der Waals surface area contributed by atoms with E-state index in [2.05, 4.69) is 26.1 Å². The van der Waals surface area contributed by atoms with E-state index in [1.54, 1.807) is 0 Å².